The van der Waals surface area contributed by atoms with Crippen molar-refractivity contribution in [2.24, 2.45) is 5.41 Å². The summed E-state index contributed by atoms with van der Waals surface area (Å²) in [6, 6.07) is 4.60. The van der Waals surface area contributed by atoms with Crippen molar-refractivity contribution in [2.45, 2.75) is 32.1 Å². The minimum Gasteiger partial charge on any atom is -0.372 e. The van der Waals surface area contributed by atoms with E-state index in [9.17, 15) is 9.18 Å². The first-order valence-corrected chi connectivity index (χ1v) is 6.93. The molecule has 1 N–H and O–H groups in total. The van der Waals surface area contributed by atoms with Crippen molar-refractivity contribution < 1.29 is 9.18 Å². The maximum atomic E-state index is 13.3. The maximum absolute atomic E-state index is 13.3. The Hall–Kier alpha value is -1.58. The van der Waals surface area contributed by atoms with Gasteiger partial charge < -0.3 is 10.2 Å². The van der Waals surface area contributed by atoms with Crippen LogP contribution < -0.4 is 10.2 Å². The molecular weight excluding hydrogens is 243 g/mol. The first-order chi connectivity index (χ1) is 9.11. The smallest absolute Gasteiger partial charge is 0.232 e. The molecule has 19 heavy (non-hydrogen) atoms. The van der Waals surface area contributed by atoms with E-state index < -0.39 is 0 Å². The summed E-state index contributed by atoms with van der Waals surface area (Å²) in [6.07, 6.45) is 5.28. The first kappa shape index (κ1) is 12.5. The summed E-state index contributed by atoms with van der Waals surface area (Å²) in [5.41, 5.74) is 1.19. The van der Waals surface area contributed by atoms with E-state index in [0.717, 1.165) is 37.9 Å². The molecule has 1 aliphatic heterocycles. The largest absolute Gasteiger partial charge is 0.372 e. The van der Waals surface area contributed by atoms with E-state index in [1.165, 1.54) is 18.6 Å². The number of nitrogens with one attached hydrogen (secondary N) is 1. The molecule has 1 aromatic carbocycles. The van der Waals surface area contributed by atoms with E-state index in [4.69, 9.17) is 0 Å². The lowest BCUT2D eigenvalue weighted by atomic mass is 9.73. The number of carbonyl (C=O) groups is 1. The molecule has 1 fully saturated rings. The van der Waals surface area contributed by atoms with Crippen molar-refractivity contribution in [3.63, 3.8) is 0 Å². The normalized spacial score (nSPS) is 21.8. The van der Waals surface area contributed by atoms with Gasteiger partial charge in [-0.2, -0.15) is 0 Å². The van der Waals surface area contributed by atoms with Gasteiger partial charge in [-0.3, -0.25) is 4.79 Å². The van der Waals surface area contributed by atoms with E-state index in [1.807, 2.05) is 7.05 Å². The second kappa shape index (κ2) is 4.51. The Bertz CT molecular complexity index is 509. The van der Waals surface area contributed by atoms with Crippen molar-refractivity contribution in [1.82, 2.24) is 0 Å². The Kier molecular flexibility index (Phi) is 2.96. The van der Waals surface area contributed by atoms with Crippen LogP contribution in [-0.2, 0) is 4.79 Å². The molecule has 102 valence electrons. The van der Waals surface area contributed by atoms with Crippen LogP contribution in [0.5, 0.6) is 0 Å². The molecular formula is C15H19FN2O. The number of hydrogen-bond donors (Lipinski definition) is 1. The van der Waals surface area contributed by atoms with Gasteiger partial charge in [0.2, 0.25) is 5.91 Å². The SMILES string of the molecule is CN1CC2(CCCCC2)C(=O)Nc2cc(F)ccc21. The molecule has 0 unspecified atom stereocenters. The predicted molar refractivity (Wildman–Crippen MR) is 73.8 cm³/mol. The number of hydrogen-bond acceptors (Lipinski definition) is 2. The zero-order valence-electron chi connectivity index (χ0n) is 11.2. The lowest BCUT2D eigenvalue weighted by Gasteiger charge is -2.36. The summed E-state index contributed by atoms with van der Waals surface area (Å²) in [6.45, 7) is 0.720. The number of amides is 1. The maximum Gasteiger partial charge on any atom is 0.232 e. The fourth-order valence-corrected chi connectivity index (χ4v) is 3.42. The number of anilines is 2. The molecule has 1 saturated carbocycles. The van der Waals surface area contributed by atoms with Crippen molar-refractivity contribution >= 4 is 17.3 Å². The second-order valence-electron chi connectivity index (χ2n) is 5.81. The molecule has 1 spiro atoms. The summed E-state index contributed by atoms with van der Waals surface area (Å²) < 4.78 is 13.3. The minimum atomic E-state index is -0.313. The highest BCUT2D eigenvalue weighted by Crippen LogP contribution is 2.42. The molecule has 1 heterocycles. The monoisotopic (exact) mass is 262 g/mol. The Morgan fingerprint density at radius 1 is 1.26 bits per heavy atom. The van der Waals surface area contributed by atoms with Crippen LogP contribution in [0, 0.1) is 11.2 Å². The lowest BCUT2D eigenvalue weighted by molar-refractivity contribution is -0.126. The highest BCUT2D eigenvalue weighted by atomic mass is 19.1. The van der Waals surface area contributed by atoms with Gasteiger partial charge in [-0.25, -0.2) is 4.39 Å². The van der Waals surface area contributed by atoms with Gasteiger partial charge in [-0.05, 0) is 31.0 Å². The Balaban J connectivity index is 1.99. The molecule has 0 saturated heterocycles. The van der Waals surface area contributed by atoms with Crippen LogP contribution in [0.2, 0.25) is 0 Å². The molecule has 1 amide bonds. The van der Waals surface area contributed by atoms with E-state index in [2.05, 4.69) is 10.2 Å². The quantitative estimate of drug-likeness (QED) is 0.779. The van der Waals surface area contributed by atoms with Crippen molar-refractivity contribution in [3.05, 3.63) is 24.0 Å². The molecule has 4 heteroatoms. The van der Waals surface area contributed by atoms with Gasteiger partial charge in [0.05, 0.1) is 16.8 Å². The second-order valence-corrected chi connectivity index (χ2v) is 5.81. The van der Waals surface area contributed by atoms with Crippen LogP contribution in [0.4, 0.5) is 15.8 Å². The molecule has 0 bridgehead atoms. The Morgan fingerprint density at radius 2 is 2.00 bits per heavy atom. The number of halogens is 1. The fourth-order valence-electron chi connectivity index (χ4n) is 3.42. The zero-order chi connectivity index (χ0) is 13.5. The number of carbonyl (C=O) groups excluding carboxylic acids is 1. The summed E-state index contributed by atoms with van der Waals surface area (Å²) in [7, 11) is 1.98. The molecule has 2 aliphatic rings. The summed E-state index contributed by atoms with van der Waals surface area (Å²) in [5, 5.41) is 2.93. The molecule has 1 aromatic rings. The van der Waals surface area contributed by atoms with E-state index in [0.29, 0.717) is 5.69 Å². The van der Waals surface area contributed by atoms with Crippen LogP contribution >= 0.6 is 0 Å². The lowest BCUT2D eigenvalue weighted by Crippen LogP contribution is -2.44. The van der Waals surface area contributed by atoms with Crippen LogP contribution in [-0.4, -0.2) is 19.5 Å². The van der Waals surface area contributed by atoms with Gasteiger partial charge in [0.15, 0.2) is 0 Å². The third-order valence-electron chi connectivity index (χ3n) is 4.45. The Morgan fingerprint density at radius 3 is 2.74 bits per heavy atom. The summed E-state index contributed by atoms with van der Waals surface area (Å²) in [5.74, 6) is -0.254. The molecule has 0 atom stereocenters. The molecule has 0 radical (unpaired) electrons. The predicted octanol–water partition coefficient (Wildman–Crippen LogP) is 3.16. The third-order valence-corrected chi connectivity index (χ3v) is 4.45. The molecule has 3 nitrogen and oxygen atoms in total. The van der Waals surface area contributed by atoms with E-state index >= 15 is 0 Å². The van der Waals surface area contributed by atoms with Crippen molar-refractivity contribution in [3.8, 4) is 0 Å². The van der Waals surface area contributed by atoms with Crippen LogP contribution in [0.25, 0.3) is 0 Å². The van der Waals surface area contributed by atoms with Crippen LogP contribution in [0.1, 0.15) is 32.1 Å². The average Bonchev–Trinajstić information content (AvgIpc) is 2.47. The van der Waals surface area contributed by atoms with Crippen molar-refractivity contribution in [2.75, 3.05) is 23.8 Å². The van der Waals surface area contributed by atoms with Crippen LogP contribution in [0.3, 0.4) is 0 Å². The fraction of sp³-hybridized carbons (Fsp3) is 0.533. The molecule has 3 rings (SSSR count). The summed E-state index contributed by atoms with van der Waals surface area (Å²) in [4.78, 5) is 14.6. The van der Waals surface area contributed by atoms with Crippen molar-refractivity contribution in [1.29, 1.82) is 0 Å². The molecule has 0 aromatic heterocycles. The van der Waals surface area contributed by atoms with Gasteiger partial charge >= 0.3 is 0 Å². The van der Waals surface area contributed by atoms with Gasteiger partial charge in [0.1, 0.15) is 5.82 Å². The Labute approximate surface area is 112 Å². The number of benzene rings is 1. The number of rotatable bonds is 0. The third kappa shape index (κ3) is 2.09. The van der Waals surface area contributed by atoms with Gasteiger partial charge in [0, 0.05) is 13.6 Å². The zero-order valence-corrected chi connectivity index (χ0v) is 11.2. The number of nitrogens with zero attached hydrogens (tertiary/aromatic N) is 1. The summed E-state index contributed by atoms with van der Waals surface area (Å²) >= 11 is 0. The highest BCUT2D eigenvalue weighted by Gasteiger charge is 2.42. The van der Waals surface area contributed by atoms with Gasteiger partial charge in [-0.1, -0.05) is 19.3 Å². The standard InChI is InChI=1S/C15H19FN2O/c1-18-10-15(7-3-2-4-8-15)14(19)17-12-9-11(16)5-6-13(12)18/h5-6,9H,2-4,7-8,10H2,1H3,(H,17,19). The van der Waals surface area contributed by atoms with E-state index in [-0.39, 0.29) is 17.1 Å². The van der Waals surface area contributed by atoms with Crippen LogP contribution in [0.15, 0.2) is 18.2 Å². The van der Waals surface area contributed by atoms with E-state index in [1.54, 1.807) is 6.07 Å². The average molecular weight is 262 g/mol. The topological polar surface area (TPSA) is 32.3 Å². The van der Waals surface area contributed by atoms with Gasteiger partial charge in [0.25, 0.3) is 0 Å². The highest BCUT2D eigenvalue weighted by molar-refractivity contribution is 6.00. The van der Waals surface area contributed by atoms with Gasteiger partial charge in [-0.15, -0.1) is 0 Å². The number of fused-ring (bicyclic) bond motifs is 1. The minimum absolute atomic E-state index is 0.0587. The first-order valence-electron chi connectivity index (χ1n) is 6.93. The molecule has 1 aliphatic carbocycles.